The molecule has 0 amide bonds. The van der Waals surface area contributed by atoms with Gasteiger partial charge in [-0.1, -0.05) is 0 Å². The van der Waals surface area contributed by atoms with Crippen molar-refractivity contribution in [2.75, 3.05) is 20.3 Å². The molecule has 0 saturated heterocycles. The molecule has 21 heavy (non-hydrogen) atoms. The number of hydrogen-bond acceptors (Lipinski definition) is 6. The molecule has 0 aliphatic rings. The average Bonchev–Trinajstić information content (AvgIpc) is 2.36. The number of aliphatic hydroxyl groups excluding tert-OH is 1. The van der Waals surface area contributed by atoms with Crippen LogP contribution in [0.25, 0.3) is 0 Å². The van der Waals surface area contributed by atoms with Gasteiger partial charge in [-0.2, -0.15) is 4.39 Å². The Bertz CT molecular complexity index is 637. The monoisotopic (exact) mass is 326 g/mol. The van der Waals surface area contributed by atoms with Crippen molar-refractivity contribution in [2.45, 2.75) is 11.0 Å². The number of aliphatic hydroxyl groups is 1. The number of nitrogens with zero attached hydrogens (tertiary/aromatic N) is 1. The second kappa shape index (κ2) is 6.85. The smallest absolute Gasteiger partial charge is 0.306 e. The molecule has 0 aliphatic carbocycles. The van der Waals surface area contributed by atoms with Gasteiger partial charge in [-0.3, -0.25) is 10.1 Å². The van der Waals surface area contributed by atoms with Crippen molar-refractivity contribution in [1.29, 1.82) is 0 Å². The molecule has 1 aromatic rings. The molecule has 0 spiro atoms. The molecule has 8 nitrogen and oxygen atoms in total. The van der Waals surface area contributed by atoms with Crippen molar-refractivity contribution in [3.8, 4) is 0 Å². The minimum absolute atomic E-state index is 0.109. The maximum Gasteiger partial charge on any atom is 0.306 e. The number of nitro groups is 1. The first-order valence-corrected chi connectivity index (χ1v) is 6.97. The van der Waals surface area contributed by atoms with Gasteiger partial charge in [0.05, 0.1) is 17.6 Å². The van der Waals surface area contributed by atoms with Crippen LogP contribution in [0.3, 0.4) is 0 Å². The van der Waals surface area contributed by atoms with Gasteiger partial charge in [0.2, 0.25) is 15.8 Å². The van der Waals surface area contributed by atoms with Crippen molar-refractivity contribution in [1.82, 2.24) is 4.72 Å². The van der Waals surface area contributed by atoms with Crippen LogP contribution in [0, 0.1) is 21.7 Å². The molecular weight excluding hydrogens is 314 g/mol. The zero-order chi connectivity index (χ0) is 16.2. The van der Waals surface area contributed by atoms with Crippen LogP contribution in [0.2, 0.25) is 0 Å². The Labute approximate surface area is 118 Å². The van der Waals surface area contributed by atoms with E-state index in [-0.39, 0.29) is 18.7 Å². The molecule has 11 heteroatoms. The van der Waals surface area contributed by atoms with Gasteiger partial charge in [0.25, 0.3) is 0 Å². The Balaban J connectivity index is 3.08. The third kappa shape index (κ3) is 4.39. The summed E-state index contributed by atoms with van der Waals surface area (Å²) >= 11 is 0. The van der Waals surface area contributed by atoms with Crippen molar-refractivity contribution < 1.29 is 32.0 Å². The van der Waals surface area contributed by atoms with Crippen LogP contribution in [-0.2, 0) is 14.8 Å². The van der Waals surface area contributed by atoms with E-state index >= 15 is 0 Å². The van der Waals surface area contributed by atoms with Crippen LogP contribution in [0.15, 0.2) is 17.0 Å². The number of halogens is 2. The summed E-state index contributed by atoms with van der Waals surface area (Å²) in [6.45, 7) is -0.671. The molecule has 0 bridgehead atoms. The predicted octanol–water partition coefficient (Wildman–Crippen LogP) is 0.159. The van der Waals surface area contributed by atoms with Crippen LogP contribution in [-0.4, -0.2) is 44.8 Å². The molecule has 118 valence electrons. The van der Waals surface area contributed by atoms with Crippen LogP contribution < -0.4 is 4.72 Å². The number of sulfonamides is 1. The third-order valence-electron chi connectivity index (χ3n) is 2.36. The zero-order valence-corrected chi connectivity index (χ0v) is 11.6. The molecule has 0 aliphatic heterocycles. The molecule has 0 aromatic heterocycles. The lowest BCUT2D eigenvalue weighted by Gasteiger charge is -2.11. The van der Waals surface area contributed by atoms with E-state index in [1.807, 2.05) is 4.72 Å². The van der Waals surface area contributed by atoms with Gasteiger partial charge in [0, 0.05) is 25.8 Å². The predicted molar refractivity (Wildman–Crippen MR) is 66.1 cm³/mol. The largest absolute Gasteiger partial charge is 0.389 e. The van der Waals surface area contributed by atoms with Crippen LogP contribution in [0.4, 0.5) is 14.5 Å². The summed E-state index contributed by atoms with van der Waals surface area (Å²) in [6, 6.07) is 0.383. The van der Waals surface area contributed by atoms with Gasteiger partial charge in [-0.25, -0.2) is 17.5 Å². The molecule has 1 aromatic carbocycles. The Morgan fingerprint density at radius 2 is 2.05 bits per heavy atom. The second-order valence-electron chi connectivity index (χ2n) is 3.95. The number of nitrogens with one attached hydrogen (secondary N) is 1. The molecule has 1 atom stereocenters. The Morgan fingerprint density at radius 3 is 2.57 bits per heavy atom. The van der Waals surface area contributed by atoms with Gasteiger partial charge in [-0.05, 0) is 0 Å². The quantitative estimate of drug-likeness (QED) is 0.544. The van der Waals surface area contributed by atoms with E-state index in [1.165, 1.54) is 7.11 Å². The van der Waals surface area contributed by atoms with Crippen LogP contribution >= 0.6 is 0 Å². The number of rotatable bonds is 7. The lowest BCUT2D eigenvalue weighted by molar-refractivity contribution is -0.387. The van der Waals surface area contributed by atoms with E-state index in [0.717, 1.165) is 0 Å². The second-order valence-corrected chi connectivity index (χ2v) is 5.69. The Morgan fingerprint density at radius 1 is 1.43 bits per heavy atom. The summed E-state index contributed by atoms with van der Waals surface area (Å²) in [4.78, 5) is 8.28. The highest BCUT2D eigenvalue weighted by Gasteiger charge is 2.26. The topological polar surface area (TPSA) is 119 Å². The normalized spacial score (nSPS) is 13.1. The lowest BCUT2D eigenvalue weighted by atomic mass is 10.3. The standard InChI is InChI=1S/C10H12F2N2O6S/c1-20-5-6(15)4-13-21(18,19)10-3-9(14(16)17)7(11)2-8(10)12/h2-3,6,13,15H,4-5H2,1H3. The first-order valence-electron chi connectivity index (χ1n) is 5.49. The van der Waals surface area contributed by atoms with Gasteiger partial charge in [0.1, 0.15) is 10.7 Å². The van der Waals surface area contributed by atoms with Gasteiger partial charge in [-0.15, -0.1) is 0 Å². The molecule has 1 unspecified atom stereocenters. The van der Waals surface area contributed by atoms with E-state index < -0.39 is 49.8 Å². The molecule has 1 rings (SSSR count). The summed E-state index contributed by atoms with van der Waals surface area (Å²) in [7, 11) is -3.21. The summed E-state index contributed by atoms with van der Waals surface area (Å²) in [5.41, 5.74) is -1.17. The Kier molecular flexibility index (Phi) is 5.66. The average molecular weight is 326 g/mol. The van der Waals surface area contributed by atoms with E-state index in [4.69, 9.17) is 0 Å². The molecular formula is C10H12F2N2O6S. The number of nitro benzene ring substituents is 1. The van der Waals surface area contributed by atoms with Crippen molar-refractivity contribution in [3.63, 3.8) is 0 Å². The van der Waals surface area contributed by atoms with E-state index in [9.17, 15) is 32.4 Å². The summed E-state index contributed by atoms with van der Waals surface area (Å²) in [5.74, 6) is -2.97. The van der Waals surface area contributed by atoms with E-state index in [2.05, 4.69) is 4.74 Å². The maximum atomic E-state index is 13.5. The highest BCUT2D eigenvalue weighted by Crippen LogP contribution is 2.24. The lowest BCUT2D eigenvalue weighted by Crippen LogP contribution is -2.34. The minimum atomic E-state index is -4.49. The van der Waals surface area contributed by atoms with E-state index in [1.54, 1.807) is 0 Å². The number of hydrogen-bond donors (Lipinski definition) is 2. The molecule has 0 heterocycles. The highest BCUT2D eigenvalue weighted by molar-refractivity contribution is 7.89. The fourth-order valence-electron chi connectivity index (χ4n) is 1.40. The van der Waals surface area contributed by atoms with Crippen LogP contribution in [0.1, 0.15) is 0 Å². The summed E-state index contributed by atoms with van der Waals surface area (Å²) in [5, 5.41) is 19.8. The number of methoxy groups -OCH3 is 1. The van der Waals surface area contributed by atoms with Crippen molar-refractivity contribution >= 4 is 15.7 Å². The summed E-state index contributed by atoms with van der Waals surface area (Å²) in [6.07, 6.45) is -1.19. The summed E-state index contributed by atoms with van der Waals surface area (Å²) < 4.78 is 56.6. The first-order chi connectivity index (χ1) is 9.69. The van der Waals surface area contributed by atoms with Gasteiger partial charge in [0.15, 0.2) is 0 Å². The SMILES string of the molecule is COCC(O)CNS(=O)(=O)c1cc([N+](=O)[O-])c(F)cc1F. The number of ether oxygens (including phenoxy) is 1. The molecule has 2 N–H and O–H groups in total. The van der Waals surface area contributed by atoms with Crippen molar-refractivity contribution in [2.24, 2.45) is 0 Å². The molecule has 0 fully saturated rings. The van der Waals surface area contributed by atoms with Gasteiger partial charge >= 0.3 is 5.69 Å². The number of benzene rings is 1. The fraction of sp³-hybridized carbons (Fsp3) is 0.400. The Hall–Kier alpha value is -1.69. The molecule has 0 radical (unpaired) electrons. The van der Waals surface area contributed by atoms with Gasteiger partial charge < -0.3 is 9.84 Å². The first kappa shape index (κ1) is 17.4. The molecule has 0 saturated carbocycles. The van der Waals surface area contributed by atoms with Crippen molar-refractivity contribution in [3.05, 3.63) is 33.9 Å². The van der Waals surface area contributed by atoms with Crippen LogP contribution in [0.5, 0.6) is 0 Å². The third-order valence-corrected chi connectivity index (χ3v) is 3.79. The zero-order valence-electron chi connectivity index (χ0n) is 10.7. The highest BCUT2D eigenvalue weighted by atomic mass is 32.2. The van der Waals surface area contributed by atoms with E-state index in [0.29, 0.717) is 0 Å². The maximum absolute atomic E-state index is 13.5. The fourth-order valence-corrected chi connectivity index (χ4v) is 2.55. The minimum Gasteiger partial charge on any atom is -0.389 e.